The lowest BCUT2D eigenvalue weighted by atomic mass is 9.75. The van der Waals surface area contributed by atoms with Crippen molar-refractivity contribution in [3.63, 3.8) is 0 Å². The van der Waals surface area contributed by atoms with Gasteiger partial charge in [0.1, 0.15) is 0 Å². The second-order valence-electron chi connectivity index (χ2n) is 7.62. The summed E-state index contributed by atoms with van der Waals surface area (Å²) in [6.07, 6.45) is 2.19. The number of thiazole rings is 1. The summed E-state index contributed by atoms with van der Waals surface area (Å²) < 4.78 is 1.02. The van der Waals surface area contributed by atoms with E-state index in [-0.39, 0.29) is 17.6 Å². The van der Waals surface area contributed by atoms with E-state index in [0.29, 0.717) is 17.1 Å². The van der Waals surface area contributed by atoms with Gasteiger partial charge in [0.2, 0.25) is 0 Å². The van der Waals surface area contributed by atoms with Gasteiger partial charge in [-0.2, -0.15) is 0 Å². The normalized spacial score (nSPS) is 19.0. The van der Waals surface area contributed by atoms with E-state index < -0.39 is 0 Å². The maximum Gasteiger partial charge on any atom is 0.256 e. The minimum absolute atomic E-state index is 0.121. The number of aromatic nitrogens is 1. The molecule has 0 saturated heterocycles. The van der Waals surface area contributed by atoms with E-state index in [1.165, 1.54) is 11.3 Å². The van der Waals surface area contributed by atoms with Crippen LogP contribution in [0.15, 0.2) is 77.1 Å². The van der Waals surface area contributed by atoms with Crippen molar-refractivity contribution in [1.82, 2.24) is 10.3 Å². The Morgan fingerprint density at radius 1 is 1.10 bits per heavy atom. The average Bonchev–Trinajstić information content (AvgIpc) is 3.15. The smallest absolute Gasteiger partial charge is 0.256 e. The molecule has 2 N–H and O–H groups in total. The van der Waals surface area contributed by atoms with Crippen LogP contribution in [0, 0.1) is 0 Å². The Hall–Kier alpha value is -3.25. The van der Waals surface area contributed by atoms with Crippen LogP contribution in [0.5, 0.6) is 0 Å². The number of hydrogen-bond acceptors (Lipinski definition) is 5. The summed E-state index contributed by atoms with van der Waals surface area (Å²) in [5.74, 6) is -0.474. The maximum absolute atomic E-state index is 13.4. The van der Waals surface area contributed by atoms with Crippen LogP contribution >= 0.6 is 11.3 Å². The molecule has 2 aliphatic rings. The molecule has 6 heteroatoms. The first-order chi connectivity index (χ1) is 14.6. The van der Waals surface area contributed by atoms with Crippen LogP contribution in [0.1, 0.15) is 37.7 Å². The molecule has 0 bridgehead atoms. The van der Waals surface area contributed by atoms with Gasteiger partial charge in [-0.15, -0.1) is 0 Å². The Bertz CT molecular complexity index is 1190. The zero-order chi connectivity index (χ0) is 20.7. The number of Topliss-reactive ketones (excluding diaryl/α,β-unsaturated/α-hetero) is 1. The second-order valence-corrected chi connectivity index (χ2v) is 8.65. The number of rotatable bonds is 3. The summed E-state index contributed by atoms with van der Waals surface area (Å²) in [4.78, 5) is 30.9. The number of carbonyl (C=O) groups excluding carboxylic acids is 2. The van der Waals surface area contributed by atoms with Crippen LogP contribution in [-0.4, -0.2) is 16.7 Å². The fourth-order valence-corrected chi connectivity index (χ4v) is 5.21. The number of amides is 1. The van der Waals surface area contributed by atoms with Crippen LogP contribution in [0.25, 0.3) is 10.2 Å². The van der Waals surface area contributed by atoms with Gasteiger partial charge in [-0.05, 0) is 37.5 Å². The van der Waals surface area contributed by atoms with Gasteiger partial charge in [-0.3, -0.25) is 14.9 Å². The fourth-order valence-electron chi connectivity index (χ4n) is 4.35. The van der Waals surface area contributed by atoms with Gasteiger partial charge in [0.25, 0.3) is 5.91 Å². The lowest BCUT2D eigenvalue weighted by Crippen LogP contribution is -2.35. The summed E-state index contributed by atoms with van der Waals surface area (Å²) in [6, 6.07) is 17.6. The van der Waals surface area contributed by atoms with Crippen molar-refractivity contribution < 1.29 is 9.59 Å². The number of benzene rings is 2. The van der Waals surface area contributed by atoms with Crippen molar-refractivity contribution in [3.05, 3.63) is 82.7 Å². The molecule has 1 aliphatic carbocycles. The highest BCUT2D eigenvalue weighted by Crippen LogP contribution is 2.42. The van der Waals surface area contributed by atoms with Crippen LogP contribution in [-0.2, 0) is 9.59 Å². The molecule has 1 amide bonds. The number of nitrogens with one attached hydrogen (secondary N) is 2. The topological polar surface area (TPSA) is 71.1 Å². The first-order valence-electron chi connectivity index (χ1n) is 10.1. The van der Waals surface area contributed by atoms with Gasteiger partial charge in [-0.25, -0.2) is 4.98 Å². The Labute approximate surface area is 178 Å². The average molecular weight is 416 g/mol. The van der Waals surface area contributed by atoms with Crippen molar-refractivity contribution >= 4 is 38.4 Å². The summed E-state index contributed by atoms with van der Waals surface area (Å²) >= 11 is 1.45. The van der Waals surface area contributed by atoms with Crippen LogP contribution in [0.4, 0.5) is 5.13 Å². The van der Waals surface area contributed by atoms with Crippen molar-refractivity contribution in [3.8, 4) is 0 Å². The van der Waals surface area contributed by atoms with Gasteiger partial charge in [0.15, 0.2) is 10.9 Å². The minimum Gasteiger partial charge on any atom is -0.362 e. The number of hydrogen-bond donors (Lipinski definition) is 2. The number of ketones is 1. The van der Waals surface area contributed by atoms with Gasteiger partial charge >= 0.3 is 0 Å². The molecule has 0 saturated carbocycles. The molecule has 1 aromatic heterocycles. The molecule has 30 heavy (non-hydrogen) atoms. The summed E-state index contributed by atoms with van der Waals surface area (Å²) in [5.41, 5.74) is 4.86. The number of nitrogens with zero attached hydrogens (tertiary/aromatic N) is 1. The molecule has 0 fully saturated rings. The van der Waals surface area contributed by atoms with E-state index in [1.54, 1.807) is 0 Å². The van der Waals surface area contributed by atoms with Crippen LogP contribution < -0.4 is 10.6 Å². The highest BCUT2D eigenvalue weighted by Gasteiger charge is 2.38. The molecule has 2 heterocycles. The lowest BCUT2D eigenvalue weighted by molar-refractivity contribution is -0.116. The Balaban J connectivity index is 1.56. The number of anilines is 1. The van der Waals surface area contributed by atoms with E-state index in [9.17, 15) is 9.59 Å². The van der Waals surface area contributed by atoms with E-state index in [4.69, 9.17) is 0 Å². The Morgan fingerprint density at radius 3 is 2.67 bits per heavy atom. The first kappa shape index (κ1) is 18.8. The quantitative estimate of drug-likeness (QED) is 0.638. The number of fused-ring (bicyclic) bond motifs is 1. The van der Waals surface area contributed by atoms with Crippen molar-refractivity contribution in [2.45, 2.75) is 32.1 Å². The summed E-state index contributed by atoms with van der Waals surface area (Å²) in [6.45, 7) is 1.91. The second kappa shape index (κ2) is 7.54. The van der Waals surface area contributed by atoms with Crippen molar-refractivity contribution in [2.24, 2.45) is 0 Å². The summed E-state index contributed by atoms with van der Waals surface area (Å²) in [5, 5.41) is 6.89. The van der Waals surface area contributed by atoms with Crippen LogP contribution in [0.3, 0.4) is 0 Å². The molecule has 0 unspecified atom stereocenters. The van der Waals surface area contributed by atoms with Gasteiger partial charge in [0.05, 0.1) is 10.2 Å². The first-order valence-corrected chi connectivity index (χ1v) is 10.9. The molecular formula is C24H21N3O2S. The van der Waals surface area contributed by atoms with Gasteiger partial charge in [0, 0.05) is 34.9 Å². The molecule has 1 atom stereocenters. The fraction of sp³-hybridized carbons (Fsp3) is 0.208. The summed E-state index contributed by atoms with van der Waals surface area (Å²) in [7, 11) is 0. The zero-order valence-corrected chi connectivity index (χ0v) is 17.4. The number of dihydropyridines is 1. The predicted octanol–water partition coefficient (Wildman–Crippen LogP) is 4.90. The molecule has 5 rings (SSSR count). The maximum atomic E-state index is 13.4. The molecule has 3 aromatic rings. The molecule has 150 valence electrons. The molecule has 0 radical (unpaired) electrons. The van der Waals surface area contributed by atoms with Gasteiger partial charge in [-0.1, -0.05) is 53.8 Å². The monoisotopic (exact) mass is 415 g/mol. The number of carbonyl (C=O) groups is 2. The van der Waals surface area contributed by atoms with Crippen molar-refractivity contribution in [2.75, 3.05) is 5.32 Å². The largest absolute Gasteiger partial charge is 0.362 e. The highest BCUT2D eigenvalue weighted by atomic mass is 32.1. The molecule has 1 aliphatic heterocycles. The zero-order valence-electron chi connectivity index (χ0n) is 16.6. The van der Waals surface area contributed by atoms with Crippen molar-refractivity contribution in [1.29, 1.82) is 0 Å². The molecular weight excluding hydrogens is 394 g/mol. The SMILES string of the molecule is CC1=C(C(=O)Nc2nc3ccccc3s2)[C@@H](c2ccccc2)C2=C(CCCC2=O)N1. The predicted molar refractivity (Wildman–Crippen MR) is 119 cm³/mol. The highest BCUT2D eigenvalue weighted by molar-refractivity contribution is 7.22. The van der Waals surface area contributed by atoms with E-state index in [0.717, 1.165) is 45.6 Å². The standard InChI is InChI=1S/C24H21N3O2S/c1-14-20(23(29)27-24-26-16-10-5-6-13-19(16)30-24)21(15-8-3-2-4-9-15)22-17(25-14)11-7-12-18(22)28/h2-6,8-10,13,21,25H,7,11-12H2,1H3,(H,26,27,29)/t21-/m1/s1. The number of para-hydroxylation sites is 1. The Kier molecular flexibility index (Phi) is 4.71. The Morgan fingerprint density at radius 2 is 1.87 bits per heavy atom. The van der Waals surface area contributed by atoms with E-state index in [2.05, 4.69) is 15.6 Å². The number of allylic oxidation sites excluding steroid dienone is 3. The lowest BCUT2D eigenvalue weighted by Gasteiger charge is -2.34. The molecule has 5 nitrogen and oxygen atoms in total. The van der Waals surface area contributed by atoms with Gasteiger partial charge < -0.3 is 5.32 Å². The molecule has 0 spiro atoms. The van der Waals surface area contributed by atoms with Crippen LogP contribution in [0.2, 0.25) is 0 Å². The minimum atomic E-state index is -0.371. The third-order valence-corrected chi connectivity index (χ3v) is 6.62. The van der Waals surface area contributed by atoms with E-state index >= 15 is 0 Å². The molecule has 2 aromatic carbocycles. The third kappa shape index (κ3) is 3.23. The third-order valence-electron chi connectivity index (χ3n) is 5.67. The van der Waals surface area contributed by atoms with E-state index in [1.807, 2.05) is 61.5 Å².